The van der Waals surface area contributed by atoms with Crippen LogP contribution >= 0.6 is 0 Å². The van der Waals surface area contributed by atoms with E-state index >= 15 is 0 Å². The van der Waals surface area contributed by atoms with E-state index in [0.717, 1.165) is 37.0 Å². The van der Waals surface area contributed by atoms with Gasteiger partial charge in [-0.25, -0.2) is 4.79 Å². The van der Waals surface area contributed by atoms with Gasteiger partial charge in [0.1, 0.15) is 0 Å². The molecule has 0 spiro atoms. The number of carbonyl (C=O) groups excluding carboxylic acids is 1. The second-order valence-corrected chi connectivity index (χ2v) is 14.6. The van der Waals surface area contributed by atoms with Gasteiger partial charge in [0.25, 0.3) is 8.32 Å². The predicted octanol–water partition coefficient (Wildman–Crippen LogP) is 5.03. The fourth-order valence-electron chi connectivity index (χ4n) is 2.78. The Balaban J connectivity index is 4.31. The fraction of sp³-hybridized carbons (Fsp3) is 0.941. The number of carbonyl (C=O) groups is 1. The normalized spacial score (nSPS) is 15.6. The highest BCUT2D eigenvalue weighted by molar-refractivity contribution is 6.74. The summed E-state index contributed by atoms with van der Waals surface area (Å²) >= 11 is 0. The van der Waals surface area contributed by atoms with Crippen LogP contribution in [-0.2, 0) is 13.3 Å². The summed E-state index contributed by atoms with van der Waals surface area (Å²) < 4.78 is 17.9. The monoisotopic (exact) mass is 377 g/mol. The third-order valence-electron chi connectivity index (χ3n) is 4.79. The van der Waals surface area contributed by atoms with Gasteiger partial charge in [0.15, 0.2) is 0 Å². The zero-order chi connectivity index (χ0) is 18.6. The van der Waals surface area contributed by atoms with E-state index < -0.39 is 16.9 Å². The van der Waals surface area contributed by atoms with Crippen molar-refractivity contribution in [1.82, 2.24) is 5.32 Å². The van der Waals surface area contributed by atoms with Crippen LogP contribution in [0.3, 0.4) is 0 Å². The second-order valence-electron chi connectivity index (χ2n) is 6.57. The van der Waals surface area contributed by atoms with Crippen LogP contribution in [0.25, 0.3) is 0 Å². The van der Waals surface area contributed by atoms with Crippen molar-refractivity contribution in [2.75, 3.05) is 13.2 Å². The molecule has 0 aromatic heterocycles. The van der Waals surface area contributed by atoms with Gasteiger partial charge >= 0.3 is 14.7 Å². The quantitative estimate of drug-likeness (QED) is 0.361. The van der Waals surface area contributed by atoms with Gasteiger partial charge in [0.2, 0.25) is 0 Å². The lowest BCUT2D eigenvalue weighted by Crippen LogP contribution is -2.43. The summed E-state index contributed by atoms with van der Waals surface area (Å²) in [5, 5.41) is 2.91. The van der Waals surface area contributed by atoms with Crippen LogP contribution < -0.4 is 5.32 Å². The fourth-order valence-corrected chi connectivity index (χ4v) is 7.95. The standard InChI is InChI=1S/C17H39NO4Si2/c1-8-16(6)21-23(7,20-9-2)15-13-14-18-17(19)22-24(10-3,11-4)12-5/h16H,8-15H2,1-7H3,(H,18,19). The average Bonchev–Trinajstić information content (AvgIpc) is 2.57. The van der Waals surface area contributed by atoms with Crippen LogP contribution in [0, 0.1) is 0 Å². The van der Waals surface area contributed by atoms with Crippen molar-refractivity contribution in [3.05, 3.63) is 0 Å². The Hall–Kier alpha value is -0.376. The van der Waals surface area contributed by atoms with Gasteiger partial charge in [0.05, 0.1) is 0 Å². The number of hydrogen-bond acceptors (Lipinski definition) is 4. The highest BCUT2D eigenvalue weighted by atomic mass is 28.4. The number of amides is 1. The highest BCUT2D eigenvalue weighted by Crippen LogP contribution is 2.22. The summed E-state index contributed by atoms with van der Waals surface area (Å²) in [5.74, 6) is 0. The van der Waals surface area contributed by atoms with E-state index in [9.17, 15) is 4.79 Å². The molecule has 0 aromatic carbocycles. The molecule has 0 aliphatic carbocycles. The van der Waals surface area contributed by atoms with Gasteiger partial charge < -0.3 is 18.6 Å². The predicted molar refractivity (Wildman–Crippen MR) is 105 cm³/mol. The van der Waals surface area contributed by atoms with Crippen molar-refractivity contribution in [3.63, 3.8) is 0 Å². The van der Waals surface area contributed by atoms with E-state index in [1.165, 1.54) is 0 Å². The molecule has 0 saturated carbocycles. The van der Waals surface area contributed by atoms with Crippen molar-refractivity contribution in [3.8, 4) is 0 Å². The van der Waals surface area contributed by atoms with Crippen LogP contribution in [0.4, 0.5) is 4.79 Å². The largest absolute Gasteiger partial charge is 0.504 e. The Labute approximate surface area is 151 Å². The number of nitrogens with one attached hydrogen (secondary N) is 1. The van der Waals surface area contributed by atoms with Gasteiger partial charge in [-0.05, 0) is 57.4 Å². The summed E-state index contributed by atoms with van der Waals surface area (Å²) in [4.78, 5) is 12.1. The van der Waals surface area contributed by atoms with Crippen molar-refractivity contribution >= 4 is 23.0 Å². The molecule has 0 heterocycles. The van der Waals surface area contributed by atoms with E-state index in [4.69, 9.17) is 13.3 Å². The lowest BCUT2D eigenvalue weighted by atomic mass is 10.3. The first-order chi connectivity index (χ1) is 11.3. The molecule has 5 nitrogen and oxygen atoms in total. The molecule has 1 N–H and O–H groups in total. The molecule has 2 atom stereocenters. The maximum atomic E-state index is 12.1. The minimum atomic E-state index is -2.16. The van der Waals surface area contributed by atoms with Gasteiger partial charge in [-0.1, -0.05) is 27.7 Å². The molecule has 0 aromatic rings. The second kappa shape index (κ2) is 12.1. The van der Waals surface area contributed by atoms with Gasteiger partial charge in [-0.2, -0.15) is 0 Å². The Kier molecular flexibility index (Phi) is 11.9. The first-order valence-electron chi connectivity index (χ1n) is 9.58. The van der Waals surface area contributed by atoms with E-state index in [-0.39, 0.29) is 12.2 Å². The van der Waals surface area contributed by atoms with Crippen LogP contribution in [0.2, 0.25) is 30.7 Å². The number of hydrogen-bond donors (Lipinski definition) is 1. The summed E-state index contributed by atoms with van der Waals surface area (Å²) in [6, 6.07) is 3.81. The molecule has 0 aliphatic heterocycles. The molecule has 2 unspecified atom stereocenters. The topological polar surface area (TPSA) is 56.8 Å². The minimum absolute atomic E-state index is 0.219. The first-order valence-corrected chi connectivity index (χ1v) is 14.6. The lowest BCUT2D eigenvalue weighted by molar-refractivity contribution is 0.127. The van der Waals surface area contributed by atoms with E-state index in [0.29, 0.717) is 13.2 Å². The smallest absolute Gasteiger partial charge is 0.393 e. The van der Waals surface area contributed by atoms with Crippen molar-refractivity contribution in [2.24, 2.45) is 0 Å². The first kappa shape index (κ1) is 23.6. The summed E-state index contributed by atoms with van der Waals surface area (Å²) in [6.07, 6.45) is 1.80. The molecule has 0 rings (SSSR count). The van der Waals surface area contributed by atoms with E-state index in [2.05, 4.69) is 46.5 Å². The van der Waals surface area contributed by atoms with Crippen LogP contribution in [0.1, 0.15) is 54.4 Å². The Morgan fingerprint density at radius 1 is 1.08 bits per heavy atom. The number of rotatable bonds is 13. The third kappa shape index (κ3) is 8.64. The molecule has 0 saturated heterocycles. The van der Waals surface area contributed by atoms with Gasteiger partial charge in [-0.15, -0.1) is 0 Å². The molecule has 0 radical (unpaired) electrons. The Morgan fingerprint density at radius 2 is 1.67 bits per heavy atom. The highest BCUT2D eigenvalue weighted by Gasteiger charge is 2.34. The SMILES string of the molecule is CCO[Si](C)(CCCNC(=O)O[Si](CC)(CC)CC)OC(C)CC. The minimum Gasteiger partial charge on any atom is -0.504 e. The Bertz CT molecular complexity index is 345. The maximum Gasteiger partial charge on any atom is 0.393 e. The molecular weight excluding hydrogens is 338 g/mol. The molecule has 0 fully saturated rings. The molecule has 0 bridgehead atoms. The lowest BCUT2D eigenvalue weighted by Gasteiger charge is -2.30. The van der Waals surface area contributed by atoms with Gasteiger partial charge in [0, 0.05) is 19.3 Å². The van der Waals surface area contributed by atoms with Crippen LogP contribution in [0.5, 0.6) is 0 Å². The molecule has 144 valence electrons. The van der Waals surface area contributed by atoms with Crippen molar-refractivity contribution in [2.45, 2.75) is 91.2 Å². The van der Waals surface area contributed by atoms with E-state index in [1.54, 1.807) is 0 Å². The summed E-state index contributed by atoms with van der Waals surface area (Å²) in [5.41, 5.74) is 0. The van der Waals surface area contributed by atoms with Gasteiger partial charge in [-0.3, -0.25) is 0 Å². The zero-order valence-electron chi connectivity index (χ0n) is 16.9. The third-order valence-corrected chi connectivity index (χ3v) is 12.3. The maximum absolute atomic E-state index is 12.1. The molecule has 7 heteroatoms. The van der Waals surface area contributed by atoms with Crippen molar-refractivity contribution < 1.29 is 18.1 Å². The Morgan fingerprint density at radius 3 is 2.12 bits per heavy atom. The van der Waals surface area contributed by atoms with Crippen molar-refractivity contribution in [1.29, 1.82) is 0 Å². The molecule has 0 aliphatic rings. The molecular formula is C17H39NO4Si2. The molecule has 24 heavy (non-hydrogen) atoms. The average molecular weight is 378 g/mol. The molecule has 1 amide bonds. The van der Waals surface area contributed by atoms with Crippen LogP contribution in [-0.4, -0.2) is 42.2 Å². The summed E-state index contributed by atoms with van der Waals surface area (Å²) in [7, 11) is -4.03. The summed E-state index contributed by atoms with van der Waals surface area (Å²) in [6.45, 7) is 16.0. The van der Waals surface area contributed by atoms with Crippen LogP contribution in [0.15, 0.2) is 0 Å². The zero-order valence-corrected chi connectivity index (χ0v) is 18.9. The van der Waals surface area contributed by atoms with E-state index in [1.807, 2.05) is 6.92 Å².